The minimum atomic E-state index is 0.244. The lowest BCUT2D eigenvalue weighted by Crippen LogP contribution is -1.85. The fourth-order valence-electron chi connectivity index (χ4n) is 1.53. The highest BCUT2D eigenvalue weighted by Crippen LogP contribution is 2.17. The zero-order valence-electron chi connectivity index (χ0n) is 9.63. The first kappa shape index (κ1) is 11.3. The largest absolute Gasteiger partial charge is 0.507 e. The van der Waals surface area contributed by atoms with Crippen LogP contribution in [0.15, 0.2) is 66.3 Å². The Morgan fingerprint density at radius 3 is 2.35 bits per heavy atom. The van der Waals surface area contributed by atoms with Crippen LogP contribution in [0.25, 0.3) is 5.76 Å². The van der Waals surface area contributed by atoms with Crippen LogP contribution in [0, 0.1) is 0 Å². The lowest BCUT2D eigenvalue weighted by atomic mass is 10.1. The van der Waals surface area contributed by atoms with Crippen LogP contribution < -0.4 is 4.74 Å². The maximum absolute atomic E-state index is 9.87. The monoisotopic (exact) mass is 226 g/mol. The molecule has 2 rings (SSSR count). The van der Waals surface area contributed by atoms with Crippen LogP contribution in [0.4, 0.5) is 0 Å². The summed E-state index contributed by atoms with van der Waals surface area (Å²) in [5.74, 6) is 1.02. The molecule has 1 N–H and O–H groups in total. The van der Waals surface area contributed by atoms with Crippen molar-refractivity contribution >= 4 is 5.76 Å². The zero-order chi connectivity index (χ0) is 12.1. The molecule has 0 aromatic heterocycles. The normalized spacial score (nSPS) is 14.2. The Morgan fingerprint density at radius 2 is 1.76 bits per heavy atom. The first-order chi connectivity index (χ1) is 8.29. The van der Waals surface area contributed by atoms with Crippen molar-refractivity contribution in [3.05, 3.63) is 71.9 Å². The van der Waals surface area contributed by atoms with Gasteiger partial charge in [0.25, 0.3) is 0 Å². The van der Waals surface area contributed by atoms with Gasteiger partial charge in [0.1, 0.15) is 11.5 Å². The van der Waals surface area contributed by atoms with Crippen molar-refractivity contribution < 1.29 is 9.84 Å². The Morgan fingerprint density at radius 1 is 1.12 bits per heavy atom. The Hall–Kier alpha value is -2.22. The number of ether oxygens (including phenoxy) is 1. The van der Waals surface area contributed by atoms with Gasteiger partial charge in [-0.1, -0.05) is 30.4 Å². The number of hydrogen-bond donors (Lipinski definition) is 1. The molecular formula is C15H14O2. The van der Waals surface area contributed by atoms with Crippen LogP contribution in [0.1, 0.15) is 5.56 Å². The Kier molecular flexibility index (Phi) is 3.46. The molecule has 0 saturated heterocycles. The molecule has 0 aliphatic heterocycles. The van der Waals surface area contributed by atoms with Crippen molar-refractivity contribution in [3.63, 3.8) is 0 Å². The predicted octanol–water partition coefficient (Wildman–Crippen LogP) is 3.65. The maximum Gasteiger partial charge on any atom is 0.122 e. The van der Waals surface area contributed by atoms with Crippen LogP contribution in [0.3, 0.4) is 0 Å². The summed E-state index contributed by atoms with van der Waals surface area (Å²) in [6.07, 6.45) is 11.5. The number of aliphatic hydroxyl groups excluding tert-OH is 1. The first-order valence-corrected chi connectivity index (χ1v) is 5.40. The smallest absolute Gasteiger partial charge is 0.122 e. The lowest BCUT2D eigenvalue weighted by molar-refractivity contribution is 0.414. The molecule has 0 unspecified atom stereocenters. The third-order valence-corrected chi connectivity index (χ3v) is 2.51. The van der Waals surface area contributed by atoms with Gasteiger partial charge in [-0.2, -0.15) is 0 Å². The fraction of sp³-hybridized carbons (Fsp3) is 0.0667. The molecule has 0 amide bonds. The molecule has 0 heterocycles. The number of methoxy groups -OCH3 is 1. The molecule has 1 aliphatic rings. The summed E-state index contributed by atoms with van der Waals surface area (Å²) in [7, 11) is 1.62. The second-order valence-corrected chi connectivity index (χ2v) is 3.67. The van der Waals surface area contributed by atoms with Crippen LogP contribution in [-0.4, -0.2) is 12.2 Å². The second-order valence-electron chi connectivity index (χ2n) is 3.67. The highest BCUT2D eigenvalue weighted by molar-refractivity contribution is 5.61. The number of benzene rings is 1. The van der Waals surface area contributed by atoms with Gasteiger partial charge in [0, 0.05) is 5.56 Å². The van der Waals surface area contributed by atoms with E-state index in [9.17, 15) is 5.11 Å². The van der Waals surface area contributed by atoms with E-state index >= 15 is 0 Å². The standard InChI is InChI=1S/C15H14O2/c1-17-14-9-7-13(8-10-14)15(16)11-6-12-4-2-3-5-12/h2-11,16H,1H3. The molecule has 0 fully saturated rings. The Labute approximate surface area is 101 Å². The van der Waals surface area contributed by atoms with E-state index in [1.165, 1.54) is 0 Å². The zero-order valence-corrected chi connectivity index (χ0v) is 9.63. The van der Waals surface area contributed by atoms with Crippen molar-refractivity contribution in [2.24, 2.45) is 0 Å². The van der Waals surface area contributed by atoms with Gasteiger partial charge in [-0.3, -0.25) is 0 Å². The van der Waals surface area contributed by atoms with Crippen LogP contribution in [0.5, 0.6) is 5.75 Å². The summed E-state index contributed by atoms with van der Waals surface area (Å²) in [6, 6.07) is 7.29. The lowest BCUT2D eigenvalue weighted by Gasteiger charge is -2.02. The highest BCUT2D eigenvalue weighted by Gasteiger charge is 1.98. The number of allylic oxidation sites excluding steroid dienone is 7. The molecule has 1 aliphatic carbocycles. The van der Waals surface area contributed by atoms with E-state index in [0.717, 1.165) is 16.9 Å². The minimum absolute atomic E-state index is 0.244. The maximum atomic E-state index is 9.87. The Balaban J connectivity index is 2.15. The third-order valence-electron chi connectivity index (χ3n) is 2.51. The van der Waals surface area contributed by atoms with E-state index in [-0.39, 0.29) is 5.76 Å². The third kappa shape index (κ3) is 2.88. The highest BCUT2D eigenvalue weighted by atomic mass is 16.5. The molecule has 1 aromatic carbocycles. The van der Waals surface area contributed by atoms with Gasteiger partial charge >= 0.3 is 0 Å². The van der Waals surface area contributed by atoms with Gasteiger partial charge in [-0.05, 0) is 35.9 Å². The summed E-state index contributed by atoms with van der Waals surface area (Å²) < 4.78 is 5.06. The minimum Gasteiger partial charge on any atom is -0.507 e. The van der Waals surface area contributed by atoms with Gasteiger partial charge in [-0.15, -0.1) is 0 Å². The van der Waals surface area contributed by atoms with Crippen molar-refractivity contribution in [1.82, 2.24) is 0 Å². The van der Waals surface area contributed by atoms with Crippen molar-refractivity contribution in [2.45, 2.75) is 0 Å². The predicted molar refractivity (Wildman–Crippen MR) is 70.0 cm³/mol. The van der Waals surface area contributed by atoms with Gasteiger partial charge in [0.2, 0.25) is 0 Å². The van der Waals surface area contributed by atoms with E-state index in [2.05, 4.69) is 0 Å². The van der Waals surface area contributed by atoms with Gasteiger partial charge < -0.3 is 9.84 Å². The average Bonchev–Trinajstić information content (AvgIpc) is 2.89. The van der Waals surface area contributed by atoms with Crippen LogP contribution in [-0.2, 0) is 0 Å². The molecule has 0 spiro atoms. The molecule has 0 atom stereocenters. The van der Waals surface area contributed by atoms with E-state index in [0.29, 0.717) is 0 Å². The van der Waals surface area contributed by atoms with Crippen molar-refractivity contribution in [3.8, 4) is 5.75 Å². The van der Waals surface area contributed by atoms with E-state index in [1.807, 2.05) is 54.6 Å². The van der Waals surface area contributed by atoms with E-state index in [4.69, 9.17) is 4.74 Å². The van der Waals surface area contributed by atoms with Gasteiger partial charge in [-0.25, -0.2) is 0 Å². The van der Waals surface area contributed by atoms with E-state index < -0.39 is 0 Å². The quantitative estimate of drug-likeness (QED) is 0.797. The summed E-state index contributed by atoms with van der Waals surface area (Å²) in [4.78, 5) is 0. The molecule has 86 valence electrons. The number of hydrogen-bond acceptors (Lipinski definition) is 2. The molecule has 0 radical (unpaired) electrons. The Bertz CT molecular complexity index is 488. The summed E-state index contributed by atoms with van der Waals surface area (Å²) in [6.45, 7) is 0. The van der Waals surface area contributed by atoms with Gasteiger partial charge in [0.15, 0.2) is 0 Å². The fourth-order valence-corrected chi connectivity index (χ4v) is 1.53. The summed E-state index contributed by atoms with van der Waals surface area (Å²) >= 11 is 0. The first-order valence-electron chi connectivity index (χ1n) is 5.40. The molecule has 2 heteroatoms. The van der Waals surface area contributed by atoms with Crippen molar-refractivity contribution in [1.29, 1.82) is 0 Å². The van der Waals surface area contributed by atoms with Crippen LogP contribution >= 0.6 is 0 Å². The van der Waals surface area contributed by atoms with E-state index in [1.54, 1.807) is 13.2 Å². The summed E-state index contributed by atoms with van der Waals surface area (Å²) in [5.41, 5.74) is 1.85. The molecule has 0 saturated carbocycles. The second kappa shape index (κ2) is 5.21. The molecule has 2 nitrogen and oxygen atoms in total. The van der Waals surface area contributed by atoms with Crippen LogP contribution in [0.2, 0.25) is 0 Å². The molecule has 1 aromatic rings. The molecule has 0 bridgehead atoms. The average molecular weight is 226 g/mol. The van der Waals surface area contributed by atoms with Crippen molar-refractivity contribution in [2.75, 3.05) is 7.11 Å². The molecule has 17 heavy (non-hydrogen) atoms. The molecular weight excluding hydrogens is 212 g/mol. The summed E-state index contributed by atoms with van der Waals surface area (Å²) in [5, 5.41) is 9.87. The SMILES string of the molecule is COc1ccc(C(O)=CC=C2C=CC=C2)cc1. The number of aliphatic hydroxyl groups is 1. The number of rotatable bonds is 3. The topological polar surface area (TPSA) is 29.5 Å². The van der Waals surface area contributed by atoms with Gasteiger partial charge in [0.05, 0.1) is 7.11 Å².